The van der Waals surface area contributed by atoms with Crippen molar-refractivity contribution < 1.29 is 38.1 Å². The third-order valence-corrected chi connectivity index (χ3v) is 3.52. The minimum atomic E-state index is -1.05. The van der Waals surface area contributed by atoms with Crippen LogP contribution < -0.4 is 0 Å². The first-order valence-corrected chi connectivity index (χ1v) is 7.68. The van der Waals surface area contributed by atoms with Crippen molar-refractivity contribution in [2.45, 2.75) is 51.5 Å². The Bertz CT molecular complexity index is 396. The highest BCUT2D eigenvalue weighted by Crippen LogP contribution is 2.29. The van der Waals surface area contributed by atoms with Crippen molar-refractivity contribution in [1.82, 2.24) is 0 Å². The minimum Gasteiger partial charge on any atom is -0.456 e. The van der Waals surface area contributed by atoms with Crippen molar-refractivity contribution in [2.24, 2.45) is 0 Å². The van der Waals surface area contributed by atoms with Crippen LogP contribution in [0.25, 0.3) is 0 Å². The maximum absolute atomic E-state index is 11.4. The van der Waals surface area contributed by atoms with Crippen LogP contribution in [-0.4, -0.2) is 61.1 Å². The van der Waals surface area contributed by atoms with Crippen LogP contribution in [0.3, 0.4) is 0 Å². The lowest BCUT2D eigenvalue weighted by molar-refractivity contribution is -0.293. The Morgan fingerprint density at radius 3 is 1.77 bits per heavy atom. The highest BCUT2D eigenvalue weighted by Gasteiger charge is 2.51. The summed E-state index contributed by atoms with van der Waals surface area (Å²) < 4.78 is 26.3. The molecule has 5 unspecified atom stereocenters. The van der Waals surface area contributed by atoms with E-state index >= 15 is 0 Å². The lowest BCUT2D eigenvalue weighted by Gasteiger charge is -2.43. The summed E-state index contributed by atoms with van der Waals surface area (Å²) in [7, 11) is 1.36. The van der Waals surface area contributed by atoms with Gasteiger partial charge in [-0.2, -0.15) is 0 Å². The molecule has 1 saturated heterocycles. The summed E-state index contributed by atoms with van der Waals surface area (Å²) in [5.74, 6) is -1.79. The molecule has 0 aromatic heterocycles. The van der Waals surface area contributed by atoms with Gasteiger partial charge in [0.2, 0.25) is 0 Å². The van der Waals surface area contributed by atoms with E-state index in [1.54, 1.807) is 0 Å². The van der Waals surface area contributed by atoms with Crippen LogP contribution in [0.15, 0.2) is 0 Å². The van der Waals surface area contributed by atoms with Crippen LogP contribution in [0.2, 0.25) is 0 Å². The molecule has 22 heavy (non-hydrogen) atoms. The molecule has 0 amide bonds. The van der Waals surface area contributed by atoms with E-state index in [0.29, 0.717) is 5.33 Å². The van der Waals surface area contributed by atoms with Crippen LogP contribution >= 0.6 is 15.9 Å². The maximum Gasteiger partial charge on any atom is 0.303 e. The van der Waals surface area contributed by atoms with Gasteiger partial charge in [0.25, 0.3) is 0 Å². The van der Waals surface area contributed by atoms with Crippen molar-refractivity contribution in [2.75, 3.05) is 12.4 Å². The lowest BCUT2D eigenvalue weighted by atomic mass is 9.99. The number of methoxy groups -OCH3 is 1. The molecule has 1 fully saturated rings. The maximum atomic E-state index is 11.4. The molecule has 0 radical (unpaired) electrons. The van der Waals surface area contributed by atoms with Gasteiger partial charge in [-0.25, -0.2) is 0 Å². The van der Waals surface area contributed by atoms with Gasteiger partial charge < -0.3 is 23.7 Å². The Hall–Kier alpha value is -1.19. The molecule has 8 nitrogen and oxygen atoms in total. The Labute approximate surface area is 136 Å². The smallest absolute Gasteiger partial charge is 0.303 e. The molecule has 0 bridgehead atoms. The zero-order valence-electron chi connectivity index (χ0n) is 12.7. The topological polar surface area (TPSA) is 97.4 Å². The molecule has 126 valence electrons. The second-order valence-corrected chi connectivity index (χ2v) is 5.30. The standard InChI is InChI=1S/C13H19BrO8/c1-6(15)19-10-9(5-14)22-13(18-4)12(21-8(3)17)11(10)20-7(2)16/h9-13H,5H2,1-4H3. The first kappa shape index (κ1) is 18.9. The van der Waals surface area contributed by atoms with Gasteiger partial charge in [-0.1, -0.05) is 15.9 Å². The van der Waals surface area contributed by atoms with Gasteiger partial charge in [0.1, 0.15) is 6.10 Å². The number of halogens is 1. The van der Waals surface area contributed by atoms with Gasteiger partial charge in [-0.05, 0) is 0 Å². The lowest BCUT2D eigenvalue weighted by Crippen LogP contribution is -2.62. The van der Waals surface area contributed by atoms with Gasteiger partial charge in [-0.3, -0.25) is 14.4 Å². The number of carbonyl (C=O) groups is 3. The van der Waals surface area contributed by atoms with Crippen LogP contribution in [-0.2, 0) is 38.1 Å². The zero-order valence-corrected chi connectivity index (χ0v) is 14.3. The van der Waals surface area contributed by atoms with Gasteiger partial charge in [-0.15, -0.1) is 0 Å². The Kier molecular flexibility index (Phi) is 7.24. The summed E-state index contributed by atoms with van der Waals surface area (Å²) in [6.07, 6.45) is -4.61. The van der Waals surface area contributed by atoms with E-state index in [-0.39, 0.29) is 0 Å². The summed E-state index contributed by atoms with van der Waals surface area (Å²) in [5, 5.41) is 0.301. The van der Waals surface area contributed by atoms with E-state index in [1.165, 1.54) is 27.9 Å². The average molecular weight is 383 g/mol. The predicted octanol–water partition coefficient (Wildman–Crippen LogP) is 0.548. The van der Waals surface area contributed by atoms with E-state index in [2.05, 4.69) is 15.9 Å². The average Bonchev–Trinajstić information content (AvgIpc) is 2.41. The fourth-order valence-electron chi connectivity index (χ4n) is 2.17. The second kappa shape index (κ2) is 8.44. The van der Waals surface area contributed by atoms with Gasteiger partial charge >= 0.3 is 17.9 Å². The highest BCUT2D eigenvalue weighted by molar-refractivity contribution is 9.09. The zero-order chi connectivity index (χ0) is 16.9. The van der Waals surface area contributed by atoms with Crippen LogP contribution in [0, 0.1) is 0 Å². The van der Waals surface area contributed by atoms with Crippen molar-refractivity contribution >= 4 is 33.8 Å². The number of esters is 3. The molecule has 1 aliphatic heterocycles. The first-order valence-electron chi connectivity index (χ1n) is 6.56. The van der Waals surface area contributed by atoms with E-state index in [0.717, 1.165) is 0 Å². The van der Waals surface area contributed by atoms with E-state index < -0.39 is 48.6 Å². The largest absolute Gasteiger partial charge is 0.456 e. The molecule has 5 atom stereocenters. The van der Waals surface area contributed by atoms with Crippen molar-refractivity contribution in [3.05, 3.63) is 0 Å². The second-order valence-electron chi connectivity index (χ2n) is 4.66. The van der Waals surface area contributed by atoms with Crippen molar-refractivity contribution in [3.8, 4) is 0 Å². The monoisotopic (exact) mass is 382 g/mol. The number of hydrogen-bond donors (Lipinski definition) is 0. The Balaban J connectivity index is 3.14. The number of ether oxygens (including phenoxy) is 5. The summed E-state index contributed by atoms with van der Waals surface area (Å²) in [4.78, 5) is 34.0. The number of rotatable bonds is 5. The SMILES string of the molecule is COC1OC(CBr)C(OC(C)=O)C(OC(C)=O)C1OC(C)=O. The fourth-order valence-corrected chi connectivity index (χ4v) is 2.69. The molecule has 1 heterocycles. The molecule has 9 heteroatoms. The molecule has 0 aliphatic carbocycles. The molecular formula is C13H19BrO8. The molecule has 1 rings (SSSR count). The third-order valence-electron chi connectivity index (χ3n) is 2.88. The number of carbonyl (C=O) groups excluding carboxylic acids is 3. The molecule has 0 N–H and O–H groups in total. The number of alkyl halides is 1. The van der Waals surface area contributed by atoms with Crippen molar-refractivity contribution in [3.63, 3.8) is 0 Å². The molecule has 0 saturated carbocycles. The molecular weight excluding hydrogens is 364 g/mol. The van der Waals surface area contributed by atoms with Crippen LogP contribution in [0.1, 0.15) is 20.8 Å². The summed E-state index contributed by atoms with van der Waals surface area (Å²) in [5.41, 5.74) is 0. The highest BCUT2D eigenvalue weighted by atomic mass is 79.9. The van der Waals surface area contributed by atoms with E-state index in [9.17, 15) is 14.4 Å². The molecule has 0 aromatic rings. The fraction of sp³-hybridized carbons (Fsp3) is 0.769. The van der Waals surface area contributed by atoms with E-state index in [4.69, 9.17) is 23.7 Å². The van der Waals surface area contributed by atoms with Crippen LogP contribution in [0.5, 0.6) is 0 Å². The van der Waals surface area contributed by atoms with Crippen molar-refractivity contribution in [1.29, 1.82) is 0 Å². The molecule has 0 aromatic carbocycles. The van der Waals surface area contributed by atoms with E-state index in [1.807, 2.05) is 0 Å². The summed E-state index contributed by atoms with van der Waals surface area (Å²) in [6, 6.07) is 0. The van der Waals surface area contributed by atoms with Gasteiger partial charge in [0, 0.05) is 33.2 Å². The van der Waals surface area contributed by atoms with Gasteiger partial charge in [0.15, 0.2) is 24.6 Å². The predicted molar refractivity (Wildman–Crippen MR) is 76.1 cm³/mol. The molecule has 0 spiro atoms. The van der Waals surface area contributed by atoms with Crippen LogP contribution in [0.4, 0.5) is 0 Å². The summed E-state index contributed by atoms with van der Waals surface area (Å²) in [6.45, 7) is 3.63. The number of hydrogen-bond acceptors (Lipinski definition) is 8. The molecule has 1 aliphatic rings. The first-order chi connectivity index (χ1) is 10.3. The Morgan fingerprint density at radius 2 is 1.36 bits per heavy atom. The van der Waals surface area contributed by atoms with Gasteiger partial charge in [0.05, 0.1) is 0 Å². The minimum absolute atomic E-state index is 0.301. The quantitative estimate of drug-likeness (QED) is 0.386. The Morgan fingerprint density at radius 1 is 0.909 bits per heavy atom. The third kappa shape index (κ3) is 4.92. The normalized spacial score (nSPS) is 31.2. The summed E-state index contributed by atoms with van der Waals surface area (Å²) >= 11 is 3.24.